The Labute approximate surface area is 55.2 Å². The van der Waals surface area contributed by atoms with Gasteiger partial charge in [0.05, 0.1) is 0 Å². The van der Waals surface area contributed by atoms with Crippen molar-refractivity contribution >= 4 is 4.40 Å². The third-order valence-corrected chi connectivity index (χ3v) is 1.28. The van der Waals surface area contributed by atoms with E-state index in [2.05, 4.69) is 16.3 Å². The van der Waals surface area contributed by atoms with E-state index in [1.54, 1.807) is 0 Å². The normalized spacial score (nSPS) is 7.57. The molecule has 0 aliphatic heterocycles. The molecule has 0 saturated heterocycles. The van der Waals surface area contributed by atoms with Gasteiger partial charge in [0.25, 0.3) is 0 Å². The SMILES string of the molecule is C=C(C[CH]=[W])NC. The second-order valence-electron chi connectivity index (χ2n) is 1.22. The molecule has 40 valence electrons. The molecule has 0 rings (SSSR count). The van der Waals surface area contributed by atoms with Crippen LogP contribution in [0.1, 0.15) is 6.42 Å². The molecule has 2 heteroatoms. The van der Waals surface area contributed by atoms with Crippen molar-refractivity contribution in [3.05, 3.63) is 12.3 Å². The summed E-state index contributed by atoms with van der Waals surface area (Å²) in [4.78, 5) is 0. The fourth-order valence-electron chi connectivity index (χ4n) is 0.203. The van der Waals surface area contributed by atoms with Gasteiger partial charge in [0.15, 0.2) is 0 Å². The Hall–Kier alpha value is 0.0983. The molecule has 0 aromatic carbocycles. The summed E-state index contributed by atoms with van der Waals surface area (Å²) in [5.41, 5.74) is 1.09. The second-order valence-corrected chi connectivity index (χ2v) is 2.42. The van der Waals surface area contributed by atoms with E-state index >= 15 is 0 Å². The van der Waals surface area contributed by atoms with Crippen LogP contribution in [0.25, 0.3) is 0 Å². The quantitative estimate of drug-likeness (QED) is 0.783. The Morgan fingerprint density at radius 3 is 2.71 bits per heavy atom. The van der Waals surface area contributed by atoms with Crippen molar-refractivity contribution in [2.24, 2.45) is 0 Å². The van der Waals surface area contributed by atoms with E-state index in [1.165, 1.54) is 19.4 Å². The topological polar surface area (TPSA) is 12.0 Å². The van der Waals surface area contributed by atoms with Crippen LogP contribution < -0.4 is 5.32 Å². The van der Waals surface area contributed by atoms with Crippen LogP contribution in [0.5, 0.6) is 0 Å². The Balaban J connectivity index is 3.17. The first-order valence-electron chi connectivity index (χ1n) is 2.10. The van der Waals surface area contributed by atoms with Crippen molar-refractivity contribution in [2.75, 3.05) is 7.05 Å². The molecule has 0 aliphatic carbocycles. The Morgan fingerprint density at radius 2 is 2.57 bits per heavy atom. The molecule has 0 atom stereocenters. The summed E-state index contributed by atoms with van der Waals surface area (Å²) in [5, 5.41) is 2.95. The number of hydrogen-bond donors (Lipinski definition) is 1. The zero-order chi connectivity index (χ0) is 5.70. The summed E-state index contributed by atoms with van der Waals surface area (Å²) in [5.74, 6) is 0. The van der Waals surface area contributed by atoms with Gasteiger partial charge in [0.2, 0.25) is 0 Å². The number of hydrogen-bond acceptors (Lipinski definition) is 1. The second kappa shape index (κ2) is 4.26. The van der Waals surface area contributed by atoms with Gasteiger partial charge in [0.1, 0.15) is 0 Å². The van der Waals surface area contributed by atoms with E-state index in [0.29, 0.717) is 0 Å². The molecule has 0 amide bonds. The van der Waals surface area contributed by atoms with Crippen LogP contribution in [-0.4, -0.2) is 11.4 Å². The van der Waals surface area contributed by atoms with Crippen LogP contribution in [0.4, 0.5) is 0 Å². The van der Waals surface area contributed by atoms with Gasteiger partial charge in [-0.25, -0.2) is 0 Å². The molecule has 0 saturated carbocycles. The predicted molar refractivity (Wildman–Crippen MR) is 28.9 cm³/mol. The number of nitrogens with one attached hydrogen (secondary N) is 1. The minimum atomic E-state index is 1.01. The maximum absolute atomic E-state index is 3.73. The van der Waals surface area contributed by atoms with E-state index in [-0.39, 0.29) is 0 Å². The van der Waals surface area contributed by atoms with Gasteiger partial charge in [-0.2, -0.15) is 0 Å². The molecule has 0 unspecified atom stereocenters. The molecule has 0 aromatic heterocycles. The third-order valence-electron chi connectivity index (χ3n) is 0.683. The fourth-order valence-corrected chi connectivity index (χ4v) is 0.925. The summed E-state index contributed by atoms with van der Waals surface area (Å²) >= 11 is 1.51. The van der Waals surface area contributed by atoms with Gasteiger partial charge in [-0.3, -0.25) is 0 Å². The van der Waals surface area contributed by atoms with E-state index in [1.807, 2.05) is 7.05 Å². The van der Waals surface area contributed by atoms with E-state index in [9.17, 15) is 0 Å². The predicted octanol–water partition coefficient (Wildman–Crippen LogP) is 0.459. The first-order valence-corrected chi connectivity index (χ1v) is 3.79. The molecule has 0 spiro atoms. The molecular formula is C5H9NW. The zero-order valence-electron chi connectivity index (χ0n) is 4.40. The van der Waals surface area contributed by atoms with Gasteiger partial charge >= 0.3 is 54.8 Å². The summed E-state index contributed by atoms with van der Waals surface area (Å²) in [6, 6.07) is 0. The van der Waals surface area contributed by atoms with Crippen molar-refractivity contribution < 1.29 is 19.4 Å². The Kier molecular flexibility index (Phi) is 4.32. The molecule has 0 heterocycles. The van der Waals surface area contributed by atoms with Crippen molar-refractivity contribution in [1.29, 1.82) is 0 Å². The molecule has 1 N–H and O–H groups in total. The van der Waals surface area contributed by atoms with Crippen molar-refractivity contribution in [1.82, 2.24) is 5.32 Å². The van der Waals surface area contributed by atoms with Crippen molar-refractivity contribution in [3.63, 3.8) is 0 Å². The molecule has 7 heavy (non-hydrogen) atoms. The average molecular weight is 267 g/mol. The Bertz CT molecular complexity index is 78.1. The molecule has 0 aromatic rings. The van der Waals surface area contributed by atoms with Gasteiger partial charge in [-0.1, -0.05) is 0 Å². The van der Waals surface area contributed by atoms with Gasteiger partial charge in [-0.15, -0.1) is 0 Å². The summed E-state index contributed by atoms with van der Waals surface area (Å²) in [7, 11) is 1.89. The van der Waals surface area contributed by atoms with Crippen LogP contribution in [0, 0.1) is 0 Å². The van der Waals surface area contributed by atoms with E-state index < -0.39 is 0 Å². The van der Waals surface area contributed by atoms with Crippen LogP contribution in [0.15, 0.2) is 12.3 Å². The first-order chi connectivity index (χ1) is 3.31. The van der Waals surface area contributed by atoms with Gasteiger partial charge in [-0.05, 0) is 0 Å². The van der Waals surface area contributed by atoms with E-state index in [4.69, 9.17) is 0 Å². The van der Waals surface area contributed by atoms with Crippen LogP contribution >= 0.6 is 0 Å². The van der Waals surface area contributed by atoms with Crippen molar-refractivity contribution in [3.8, 4) is 0 Å². The third kappa shape index (κ3) is 3.94. The summed E-state index contributed by atoms with van der Waals surface area (Å²) in [6.45, 7) is 3.73. The zero-order valence-corrected chi connectivity index (χ0v) is 7.33. The Morgan fingerprint density at radius 1 is 2.00 bits per heavy atom. The van der Waals surface area contributed by atoms with Crippen molar-refractivity contribution in [2.45, 2.75) is 6.42 Å². The number of allylic oxidation sites excluding steroid dienone is 1. The monoisotopic (exact) mass is 267 g/mol. The van der Waals surface area contributed by atoms with Gasteiger partial charge < -0.3 is 0 Å². The van der Waals surface area contributed by atoms with Crippen LogP contribution in [0.2, 0.25) is 0 Å². The minimum absolute atomic E-state index is 1.01. The fraction of sp³-hybridized carbons (Fsp3) is 0.400. The molecule has 0 bridgehead atoms. The standard InChI is InChI=1S/C5H9N.W/c1-4-5(2)6-3;/h1,6H,2,4H2,3H3;. The summed E-state index contributed by atoms with van der Waals surface area (Å²) in [6.07, 6.45) is 1.01. The molecule has 0 radical (unpaired) electrons. The average Bonchev–Trinajstić information content (AvgIpc) is 1.68. The molecule has 1 nitrogen and oxygen atoms in total. The molecular weight excluding hydrogens is 258 g/mol. The summed E-state index contributed by atoms with van der Waals surface area (Å²) < 4.78 is 2.15. The molecule has 0 fully saturated rings. The van der Waals surface area contributed by atoms with Crippen LogP contribution in [0.3, 0.4) is 0 Å². The van der Waals surface area contributed by atoms with Gasteiger partial charge in [0, 0.05) is 0 Å². The van der Waals surface area contributed by atoms with E-state index in [0.717, 1.165) is 12.1 Å². The first kappa shape index (κ1) is 7.10. The molecule has 0 aliphatic rings. The number of rotatable bonds is 3. The van der Waals surface area contributed by atoms with Crippen LogP contribution in [-0.2, 0) is 19.4 Å². The maximum atomic E-state index is 3.73.